The van der Waals surface area contributed by atoms with Gasteiger partial charge >= 0.3 is 41.5 Å². The first-order valence-corrected chi connectivity index (χ1v) is 6.05. The van der Waals surface area contributed by atoms with Crippen molar-refractivity contribution < 1.29 is 50.4 Å². The van der Waals surface area contributed by atoms with E-state index in [9.17, 15) is 9.59 Å². The quantitative estimate of drug-likeness (QED) is 0.256. The van der Waals surface area contributed by atoms with E-state index in [4.69, 9.17) is 5.11 Å². The van der Waals surface area contributed by atoms with Crippen LogP contribution < -0.4 is 29.6 Å². The Balaban J connectivity index is -0.00000112. The molecule has 4 nitrogen and oxygen atoms in total. The average Bonchev–Trinajstić information content (AvgIpc) is 2.27. The van der Waals surface area contributed by atoms with Gasteiger partial charge in [0.25, 0.3) is 0 Å². The van der Waals surface area contributed by atoms with Crippen LogP contribution in [0, 0.1) is 0 Å². The van der Waals surface area contributed by atoms with Crippen molar-refractivity contribution in [3.05, 3.63) is 0 Å². The van der Waals surface area contributed by atoms with Gasteiger partial charge in [-0.25, -0.2) is 4.79 Å². The van der Waals surface area contributed by atoms with E-state index in [0.29, 0.717) is 0 Å². The molecule has 0 saturated heterocycles. The van der Waals surface area contributed by atoms with Crippen molar-refractivity contribution in [2.24, 2.45) is 0 Å². The first kappa shape index (κ1) is 19.4. The predicted molar refractivity (Wildman–Crippen MR) is 61.9 cm³/mol. The van der Waals surface area contributed by atoms with Crippen LogP contribution in [0.4, 0.5) is 0 Å². The van der Waals surface area contributed by atoms with Crippen molar-refractivity contribution in [2.75, 3.05) is 6.61 Å². The van der Waals surface area contributed by atoms with E-state index in [2.05, 4.69) is 11.7 Å². The summed E-state index contributed by atoms with van der Waals surface area (Å²) in [7, 11) is 0. The first-order chi connectivity index (χ1) is 7.70. The molecule has 0 spiro atoms. The maximum Gasteiger partial charge on any atom is 1.00 e. The van der Waals surface area contributed by atoms with Gasteiger partial charge < -0.3 is 11.3 Å². The maximum atomic E-state index is 11.0. The van der Waals surface area contributed by atoms with Crippen LogP contribution >= 0.6 is 0 Å². The second kappa shape index (κ2) is 14.2. The summed E-state index contributed by atoms with van der Waals surface area (Å²) in [5, 5.41) is 8.35. The predicted octanol–water partition coefficient (Wildman–Crippen LogP) is -0.694. The smallest absolute Gasteiger partial charge is 1.00 e. The van der Waals surface area contributed by atoms with E-state index < -0.39 is 18.5 Å². The van der Waals surface area contributed by atoms with Crippen LogP contribution in [0.1, 0.15) is 59.7 Å². The summed E-state index contributed by atoms with van der Waals surface area (Å²) in [4.78, 5) is 21.5. The molecule has 0 atom stereocenters. The monoisotopic (exact) mass is 254 g/mol. The Morgan fingerprint density at radius 3 is 2.06 bits per heavy atom. The summed E-state index contributed by atoms with van der Waals surface area (Å²) >= 11 is 0. The average molecular weight is 254 g/mol. The third-order valence-electron chi connectivity index (χ3n) is 2.34. The minimum absolute atomic E-state index is 0. The van der Waals surface area contributed by atoms with E-state index in [-0.39, 0.29) is 37.4 Å². The van der Waals surface area contributed by atoms with Crippen molar-refractivity contribution >= 4 is 11.9 Å². The van der Waals surface area contributed by atoms with Crippen LogP contribution in [0.5, 0.6) is 0 Å². The minimum Gasteiger partial charge on any atom is -1.00 e. The Morgan fingerprint density at radius 2 is 1.53 bits per heavy atom. The first-order valence-electron chi connectivity index (χ1n) is 6.05. The molecule has 0 amide bonds. The Bertz CT molecular complexity index is 212. The van der Waals surface area contributed by atoms with Gasteiger partial charge in [-0.15, -0.1) is 0 Å². The zero-order valence-electron chi connectivity index (χ0n) is 12.0. The molecule has 0 heterocycles. The maximum absolute atomic E-state index is 11.0. The number of carbonyl (C=O) groups is 2. The minimum atomic E-state index is -0.868. The fraction of sp³-hybridized carbons (Fsp3) is 0.833. The number of aliphatic hydroxyl groups excluding tert-OH is 1. The number of unbranched alkanes of at least 4 members (excludes halogenated alkanes) is 6. The van der Waals surface area contributed by atoms with Crippen LogP contribution in [-0.4, -0.2) is 23.7 Å². The van der Waals surface area contributed by atoms with Crippen molar-refractivity contribution in [2.45, 2.75) is 58.3 Å². The number of rotatable bonds is 9. The van der Waals surface area contributed by atoms with Gasteiger partial charge in [0.2, 0.25) is 0 Å². The molecule has 0 aliphatic rings. The number of carbonyl (C=O) groups excluding carboxylic acids is 2. The Morgan fingerprint density at radius 1 is 1.00 bits per heavy atom. The Hall–Kier alpha value is 0.1000. The molecule has 5 heteroatoms. The molecule has 0 aromatic rings. The van der Waals surface area contributed by atoms with Crippen molar-refractivity contribution in [1.82, 2.24) is 0 Å². The Labute approximate surface area is 127 Å². The van der Waals surface area contributed by atoms with Gasteiger partial charge in [0, 0.05) is 6.42 Å². The normalized spacial score (nSPS) is 9.53. The molecular weight excluding hydrogens is 231 g/mol. The summed E-state index contributed by atoms with van der Waals surface area (Å²) in [6.07, 6.45) is 8.10. The third-order valence-corrected chi connectivity index (χ3v) is 2.34. The molecule has 0 aromatic heterocycles. The third kappa shape index (κ3) is 14.0. The summed E-state index contributed by atoms with van der Waals surface area (Å²) < 4.78 is 4.32. The largest absolute Gasteiger partial charge is 1.00 e. The van der Waals surface area contributed by atoms with Crippen LogP contribution in [0.2, 0.25) is 0 Å². The van der Waals surface area contributed by atoms with E-state index >= 15 is 0 Å². The van der Waals surface area contributed by atoms with Crippen LogP contribution in [0.25, 0.3) is 0 Å². The number of hydrogen-bond acceptors (Lipinski definition) is 4. The van der Waals surface area contributed by atoms with E-state index in [1.54, 1.807) is 0 Å². The molecule has 0 aliphatic heterocycles. The van der Waals surface area contributed by atoms with Crippen LogP contribution in [0.3, 0.4) is 0 Å². The molecule has 96 valence electrons. The topological polar surface area (TPSA) is 63.6 Å². The van der Waals surface area contributed by atoms with Crippen molar-refractivity contribution in [3.8, 4) is 0 Å². The fourth-order valence-electron chi connectivity index (χ4n) is 1.44. The second-order valence-corrected chi connectivity index (χ2v) is 3.88. The molecule has 1 N–H and O–H groups in total. The SMILES string of the molecule is CCCCCCCCCC(=O)OC(=O)CO.[H-].[Na+]. The van der Waals surface area contributed by atoms with E-state index in [1.807, 2.05) is 0 Å². The number of hydrogen-bond donors (Lipinski definition) is 1. The van der Waals surface area contributed by atoms with E-state index in [1.165, 1.54) is 25.7 Å². The molecule has 0 unspecified atom stereocenters. The molecule has 0 aliphatic carbocycles. The molecule has 0 aromatic carbocycles. The molecule has 0 bridgehead atoms. The van der Waals surface area contributed by atoms with Gasteiger partial charge in [0.1, 0.15) is 6.61 Å². The van der Waals surface area contributed by atoms with Crippen molar-refractivity contribution in [1.29, 1.82) is 0 Å². The molecule has 0 rings (SSSR count). The number of esters is 2. The number of aliphatic hydroxyl groups is 1. The molecule has 17 heavy (non-hydrogen) atoms. The molecule has 0 saturated carbocycles. The van der Waals surface area contributed by atoms with Gasteiger partial charge in [-0.1, -0.05) is 45.4 Å². The van der Waals surface area contributed by atoms with Gasteiger partial charge in [-0.3, -0.25) is 4.79 Å². The summed E-state index contributed by atoms with van der Waals surface area (Å²) in [6, 6.07) is 0. The van der Waals surface area contributed by atoms with Gasteiger partial charge in [0.05, 0.1) is 0 Å². The molecule has 0 radical (unpaired) electrons. The van der Waals surface area contributed by atoms with Gasteiger partial charge in [-0.2, -0.15) is 0 Å². The zero-order chi connectivity index (χ0) is 12.2. The Kier molecular flexibility index (Phi) is 16.2. The van der Waals surface area contributed by atoms with Crippen LogP contribution in [0.15, 0.2) is 0 Å². The zero-order valence-corrected chi connectivity index (χ0v) is 13.0. The van der Waals surface area contributed by atoms with Crippen molar-refractivity contribution in [3.63, 3.8) is 0 Å². The summed E-state index contributed by atoms with van der Waals surface area (Å²) in [6.45, 7) is 1.44. The second-order valence-electron chi connectivity index (χ2n) is 3.88. The standard InChI is InChI=1S/C12H22O4.Na.H/c1-2-3-4-5-6-7-8-9-11(14)16-12(15)10-13;;/h13H,2-10H2,1H3;;/q;+1;-1. The van der Waals surface area contributed by atoms with E-state index in [0.717, 1.165) is 19.3 Å². The summed E-state index contributed by atoms with van der Waals surface area (Å²) in [5.41, 5.74) is 0. The van der Waals surface area contributed by atoms with Crippen LogP contribution in [-0.2, 0) is 14.3 Å². The summed E-state index contributed by atoms with van der Waals surface area (Å²) in [5.74, 6) is -1.40. The number of ether oxygens (including phenoxy) is 1. The molecular formula is C12H23NaO4. The van der Waals surface area contributed by atoms with Gasteiger partial charge in [-0.05, 0) is 6.42 Å². The molecule has 0 fully saturated rings. The van der Waals surface area contributed by atoms with Gasteiger partial charge in [0.15, 0.2) is 0 Å². The fourth-order valence-corrected chi connectivity index (χ4v) is 1.44.